The highest BCUT2D eigenvalue weighted by atomic mass is 16.5. The molecule has 0 amide bonds. The van der Waals surface area contributed by atoms with Crippen LogP contribution in [-0.2, 0) is 4.74 Å². The molecule has 0 aliphatic heterocycles. The largest absolute Gasteiger partial charge is 0.462 e. The summed E-state index contributed by atoms with van der Waals surface area (Å²) in [6.45, 7) is 3.84. The average Bonchev–Trinajstić information content (AvgIpc) is 2.28. The Hall–Kier alpha value is -1.55. The van der Waals surface area contributed by atoms with Gasteiger partial charge >= 0.3 is 5.97 Å². The lowest BCUT2D eigenvalue weighted by Gasteiger charge is -2.10. The predicted octanol–water partition coefficient (Wildman–Crippen LogP) is 1.36. The Bertz CT molecular complexity index is 377. The van der Waals surface area contributed by atoms with Gasteiger partial charge in [0.2, 0.25) is 0 Å². The number of aliphatic hydroxyl groups is 1. The van der Waals surface area contributed by atoms with Crippen LogP contribution in [0.25, 0.3) is 0 Å². The first-order valence-corrected chi connectivity index (χ1v) is 5.18. The lowest BCUT2D eigenvalue weighted by molar-refractivity contribution is 0.0404. The van der Waals surface area contributed by atoms with Crippen molar-refractivity contribution in [3.63, 3.8) is 0 Å². The molecule has 0 radical (unpaired) electrons. The molecule has 1 atom stereocenters. The minimum absolute atomic E-state index is 0.00317. The van der Waals surface area contributed by atoms with Crippen LogP contribution in [0.1, 0.15) is 22.8 Å². The third-order valence-corrected chi connectivity index (χ3v) is 2.29. The fourth-order valence-electron chi connectivity index (χ4n) is 1.21. The van der Waals surface area contributed by atoms with Gasteiger partial charge in [-0.3, -0.25) is 0 Å². The van der Waals surface area contributed by atoms with Crippen LogP contribution in [0.15, 0.2) is 18.2 Å². The first kappa shape index (κ1) is 12.5. The molecule has 0 spiro atoms. The van der Waals surface area contributed by atoms with Crippen LogP contribution in [-0.4, -0.2) is 24.3 Å². The standard InChI is InChI=1S/C12H17NO3/c1-8(6-14)7-16-12(15)11-5-10(13)4-3-9(11)2/h3-5,8,14H,6-7,13H2,1-2H3. The molecule has 4 heteroatoms. The smallest absolute Gasteiger partial charge is 0.338 e. The molecule has 0 saturated heterocycles. The minimum Gasteiger partial charge on any atom is -0.462 e. The van der Waals surface area contributed by atoms with Gasteiger partial charge in [0.1, 0.15) is 0 Å². The fraction of sp³-hybridized carbons (Fsp3) is 0.417. The van der Waals surface area contributed by atoms with Crippen molar-refractivity contribution in [3.05, 3.63) is 29.3 Å². The first-order valence-electron chi connectivity index (χ1n) is 5.18. The topological polar surface area (TPSA) is 72.6 Å². The summed E-state index contributed by atoms with van der Waals surface area (Å²) < 4.78 is 5.06. The molecule has 0 aromatic heterocycles. The van der Waals surface area contributed by atoms with E-state index in [0.29, 0.717) is 11.3 Å². The molecule has 0 saturated carbocycles. The van der Waals surface area contributed by atoms with E-state index in [-0.39, 0.29) is 19.1 Å². The van der Waals surface area contributed by atoms with Crippen LogP contribution in [0.5, 0.6) is 0 Å². The van der Waals surface area contributed by atoms with Gasteiger partial charge in [-0.2, -0.15) is 0 Å². The Balaban J connectivity index is 2.69. The summed E-state index contributed by atoms with van der Waals surface area (Å²) in [7, 11) is 0. The van der Waals surface area contributed by atoms with E-state index in [9.17, 15) is 4.79 Å². The SMILES string of the molecule is Cc1ccc(N)cc1C(=O)OCC(C)CO. The normalized spacial score (nSPS) is 12.2. The number of rotatable bonds is 4. The van der Waals surface area contributed by atoms with Gasteiger partial charge in [-0.05, 0) is 24.6 Å². The van der Waals surface area contributed by atoms with Crippen LogP contribution >= 0.6 is 0 Å². The number of anilines is 1. The predicted molar refractivity (Wildman–Crippen MR) is 62.1 cm³/mol. The van der Waals surface area contributed by atoms with Gasteiger partial charge in [0, 0.05) is 18.2 Å². The summed E-state index contributed by atoms with van der Waals surface area (Å²) >= 11 is 0. The fourth-order valence-corrected chi connectivity index (χ4v) is 1.21. The molecule has 1 unspecified atom stereocenters. The highest BCUT2D eigenvalue weighted by molar-refractivity contribution is 5.92. The van der Waals surface area contributed by atoms with E-state index in [4.69, 9.17) is 15.6 Å². The zero-order chi connectivity index (χ0) is 12.1. The molecule has 3 N–H and O–H groups in total. The number of nitrogens with two attached hydrogens (primary N) is 1. The number of aliphatic hydroxyl groups excluding tert-OH is 1. The number of hydrogen-bond acceptors (Lipinski definition) is 4. The van der Waals surface area contributed by atoms with E-state index in [2.05, 4.69) is 0 Å². The first-order chi connectivity index (χ1) is 7.54. The second kappa shape index (κ2) is 5.51. The van der Waals surface area contributed by atoms with Gasteiger partial charge < -0.3 is 15.6 Å². The molecule has 0 fully saturated rings. The van der Waals surface area contributed by atoms with Crippen molar-refractivity contribution in [1.82, 2.24) is 0 Å². The quantitative estimate of drug-likeness (QED) is 0.597. The Morgan fingerprint density at radius 3 is 2.88 bits per heavy atom. The summed E-state index contributed by atoms with van der Waals surface area (Å²) in [6.07, 6.45) is 0. The van der Waals surface area contributed by atoms with Crippen LogP contribution in [0.4, 0.5) is 5.69 Å². The summed E-state index contributed by atoms with van der Waals surface area (Å²) in [5.74, 6) is -0.449. The molecule has 0 aliphatic rings. The van der Waals surface area contributed by atoms with Crippen molar-refractivity contribution in [2.24, 2.45) is 5.92 Å². The number of hydrogen-bond donors (Lipinski definition) is 2. The number of ether oxygens (including phenoxy) is 1. The minimum atomic E-state index is -0.398. The highest BCUT2D eigenvalue weighted by Crippen LogP contribution is 2.14. The Morgan fingerprint density at radius 1 is 1.56 bits per heavy atom. The summed E-state index contributed by atoms with van der Waals surface area (Å²) in [5, 5.41) is 8.81. The van der Waals surface area contributed by atoms with Crippen LogP contribution in [0.3, 0.4) is 0 Å². The molecule has 88 valence electrons. The lowest BCUT2D eigenvalue weighted by Crippen LogP contribution is -2.15. The van der Waals surface area contributed by atoms with E-state index >= 15 is 0 Å². The second-order valence-electron chi connectivity index (χ2n) is 3.96. The van der Waals surface area contributed by atoms with Crippen molar-refractivity contribution in [2.75, 3.05) is 18.9 Å². The van der Waals surface area contributed by atoms with Gasteiger partial charge in [0.15, 0.2) is 0 Å². The number of carbonyl (C=O) groups is 1. The molecule has 0 aliphatic carbocycles. The monoisotopic (exact) mass is 223 g/mol. The molecular weight excluding hydrogens is 206 g/mol. The maximum absolute atomic E-state index is 11.7. The van der Waals surface area contributed by atoms with Crippen molar-refractivity contribution in [3.8, 4) is 0 Å². The lowest BCUT2D eigenvalue weighted by atomic mass is 10.1. The number of nitrogen functional groups attached to an aromatic ring is 1. The molecule has 1 aromatic carbocycles. The average molecular weight is 223 g/mol. The van der Waals surface area contributed by atoms with E-state index in [0.717, 1.165) is 5.56 Å². The molecule has 16 heavy (non-hydrogen) atoms. The summed E-state index contributed by atoms with van der Waals surface area (Å²) in [6, 6.07) is 5.12. The highest BCUT2D eigenvalue weighted by Gasteiger charge is 2.12. The maximum atomic E-state index is 11.7. The van der Waals surface area contributed by atoms with Crippen molar-refractivity contribution < 1.29 is 14.6 Å². The number of aryl methyl sites for hydroxylation is 1. The third-order valence-electron chi connectivity index (χ3n) is 2.29. The van der Waals surface area contributed by atoms with Crippen molar-refractivity contribution in [2.45, 2.75) is 13.8 Å². The van der Waals surface area contributed by atoms with Crippen molar-refractivity contribution in [1.29, 1.82) is 0 Å². The number of benzene rings is 1. The molecular formula is C12H17NO3. The van der Waals surface area contributed by atoms with Crippen molar-refractivity contribution >= 4 is 11.7 Å². The van der Waals surface area contributed by atoms with E-state index in [1.165, 1.54) is 0 Å². The summed E-state index contributed by atoms with van der Waals surface area (Å²) in [4.78, 5) is 11.7. The zero-order valence-electron chi connectivity index (χ0n) is 9.56. The molecule has 1 aromatic rings. The molecule has 0 bridgehead atoms. The zero-order valence-corrected chi connectivity index (χ0v) is 9.56. The van der Waals surface area contributed by atoms with Gasteiger partial charge in [-0.25, -0.2) is 4.79 Å². The second-order valence-corrected chi connectivity index (χ2v) is 3.96. The van der Waals surface area contributed by atoms with E-state index in [1.807, 2.05) is 6.92 Å². The van der Waals surface area contributed by atoms with Crippen LogP contribution < -0.4 is 5.73 Å². The Labute approximate surface area is 95.0 Å². The van der Waals surface area contributed by atoms with E-state index < -0.39 is 5.97 Å². The molecule has 4 nitrogen and oxygen atoms in total. The van der Waals surface area contributed by atoms with Crippen LogP contribution in [0.2, 0.25) is 0 Å². The maximum Gasteiger partial charge on any atom is 0.338 e. The van der Waals surface area contributed by atoms with E-state index in [1.54, 1.807) is 25.1 Å². The van der Waals surface area contributed by atoms with Gasteiger partial charge in [0.05, 0.1) is 12.2 Å². The van der Waals surface area contributed by atoms with Crippen LogP contribution in [0, 0.1) is 12.8 Å². The molecule has 0 heterocycles. The Morgan fingerprint density at radius 2 is 2.25 bits per heavy atom. The summed E-state index contributed by atoms with van der Waals surface area (Å²) in [5.41, 5.74) is 7.44. The Kier molecular flexibility index (Phi) is 4.31. The third kappa shape index (κ3) is 3.24. The van der Waals surface area contributed by atoms with Gasteiger partial charge in [-0.15, -0.1) is 0 Å². The van der Waals surface area contributed by atoms with Gasteiger partial charge in [0.25, 0.3) is 0 Å². The number of carbonyl (C=O) groups excluding carboxylic acids is 1. The van der Waals surface area contributed by atoms with Gasteiger partial charge in [-0.1, -0.05) is 13.0 Å². The molecule has 1 rings (SSSR count). The number of esters is 1.